The molecule has 28 heavy (non-hydrogen) atoms. The fourth-order valence-electron chi connectivity index (χ4n) is 2.76. The monoisotopic (exact) mass is 391 g/mol. The van der Waals surface area contributed by atoms with Crippen LogP contribution in [0.2, 0.25) is 0 Å². The van der Waals surface area contributed by atoms with E-state index in [9.17, 15) is 14.4 Å². The molecule has 0 aliphatic carbocycles. The summed E-state index contributed by atoms with van der Waals surface area (Å²) in [6.07, 6.45) is 2.01. The van der Waals surface area contributed by atoms with Gasteiger partial charge in [0.2, 0.25) is 0 Å². The van der Waals surface area contributed by atoms with Crippen LogP contribution in [-0.4, -0.2) is 57.2 Å². The van der Waals surface area contributed by atoms with E-state index in [0.717, 1.165) is 5.69 Å². The number of carbonyl (C=O) groups is 3. The maximum absolute atomic E-state index is 12.2. The van der Waals surface area contributed by atoms with Gasteiger partial charge in [0.15, 0.2) is 6.61 Å². The molecule has 10 heteroatoms. The number of fused-ring (bicyclic) bond motifs is 1. The van der Waals surface area contributed by atoms with Crippen LogP contribution in [0.4, 0.5) is 0 Å². The Morgan fingerprint density at radius 2 is 2.00 bits per heavy atom. The van der Waals surface area contributed by atoms with E-state index in [1.165, 1.54) is 18.0 Å². The number of amides is 1. The number of methoxy groups -OCH3 is 1. The average Bonchev–Trinajstić information content (AvgIpc) is 3.14. The smallest absolute Gasteiger partial charge is 0.328 e. The van der Waals surface area contributed by atoms with Crippen molar-refractivity contribution in [3.8, 4) is 0 Å². The van der Waals surface area contributed by atoms with Crippen LogP contribution in [0, 0.1) is 19.8 Å². The minimum Gasteiger partial charge on any atom is -0.467 e. The molecular formula is C18H25N5O5. The van der Waals surface area contributed by atoms with Crippen molar-refractivity contribution >= 4 is 23.6 Å². The fraction of sp³-hybridized carbons (Fsp3) is 0.556. The Morgan fingerprint density at radius 1 is 1.29 bits per heavy atom. The normalized spacial score (nSPS) is 13.0. The molecule has 1 amide bonds. The number of carbonyl (C=O) groups excluding carboxylic acids is 3. The minimum atomic E-state index is -0.787. The third-order valence-corrected chi connectivity index (χ3v) is 4.66. The standard InChI is InChI=1S/C18H25N5O5/c1-6-10(2)16(17(26)27-5)22-14(24)8-28-15(25)7-13-11(3)21-18-19-9-20-23(18)12(13)4/h9-10,16H,6-8H2,1-5H3,(H,22,24)/t10-,16+/m1/s1. The summed E-state index contributed by atoms with van der Waals surface area (Å²) in [6, 6.07) is -0.787. The quantitative estimate of drug-likeness (QED) is 0.646. The topological polar surface area (TPSA) is 125 Å². The first-order chi connectivity index (χ1) is 13.3. The molecule has 0 aliphatic rings. The number of nitrogens with one attached hydrogen (secondary N) is 1. The molecular weight excluding hydrogens is 366 g/mol. The van der Waals surface area contributed by atoms with Crippen LogP contribution in [0.1, 0.15) is 37.2 Å². The van der Waals surface area contributed by atoms with Crippen molar-refractivity contribution in [2.45, 2.75) is 46.6 Å². The molecule has 0 unspecified atom stereocenters. The van der Waals surface area contributed by atoms with Crippen molar-refractivity contribution in [1.29, 1.82) is 0 Å². The van der Waals surface area contributed by atoms with E-state index >= 15 is 0 Å². The SMILES string of the molecule is CC[C@@H](C)[C@H](NC(=O)COC(=O)Cc1c(C)nc2ncnn2c1C)C(=O)OC. The van der Waals surface area contributed by atoms with Crippen LogP contribution in [0.5, 0.6) is 0 Å². The zero-order valence-electron chi connectivity index (χ0n) is 16.7. The highest BCUT2D eigenvalue weighted by Gasteiger charge is 2.27. The predicted octanol–water partition coefficient (Wildman–Crippen LogP) is 0.531. The summed E-state index contributed by atoms with van der Waals surface area (Å²) in [5.41, 5.74) is 2.03. The molecule has 152 valence electrons. The highest BCUT2D eigenvalue weighted by Crippen LogP contribution is 2.14. The third-order valence-electron chi connectivity index (χ3n) is 4.66. The number of esters is 2. The Balaban J connectivity index is 1.97. The summed E-state index contributed by atoms with van der Waals surface area (Å²) in [5.74, 6) is -1.35. The van der Waals surface area contributed by atoms with E-state index in [2.05, 4.69) is 20.4 Å². The number of hydrogen-bond donors (Lipinski definition) is 1. The zero-order chi connectivity index (χ0) is 20.8. The summed E-state index contributed by atoms with van der Waals surface area (Å²) < 4.78 is 11.3. The lowest BCUT2D eigenvalue weighted by molar-refractivity contribution is -0.150. The summed E-state index contributed by atoms with van der Waals surface area (Å²) in [7, 11) is 1.26. The predicted molar refractivity (Wildman–Crippen MR) is 98.3 cm³/mol. The number of nitrogens with zero attached hydrogens (tertiary/aromatic N) is 4. The van der Waals surface area contributed by atoms with E-state index in [1.807, 2.05) is 13.8 Å². The summed E-state index contributed by atoms with van der Waals surface area (Å²) in [5, 5.41) is 6.62. The molecule has 0 radical (unpaired) electrons. The van der Waals surface area contributed by atoms with Crippen LogP contribution in [-0.2, 0) is 30.3 Å². The van der Waals surface area contributed by atoms with Crippen LogP contribution in [0.15, 0.2) is 6.33 Å². The first-order valence-corrected chi connectivity index (χ1v) is 8.97. The zero-order valence-corrected chi connectivity index (χ0v) is 16.7. The second kappa shape index (κ2) is 9.25. The molecule has 0 aromatic carbocycles. The molecule has 0 aliphatic heterocycles. The summed E-state index contributed by atoms with van der Waals surface area (Å²) in [6.45, 7) is 6.81. The Morgan fingerprint density at radius 3 is 2.64 bits per heavy atom. The van der Waals surface area contributed by atoms with Crippen molar-refractivity contribution in [2.75, 3.05) is 13.7 Å². The van der Waals surface area contributed by atoms with Gasteiger partial charge in [-0.25, -0.2) is 14.3 Å². The van der Waals surface area contributed by atoms with Gasteiger partial charge in [-0.1, -0.05) is 20.3 Å². The molecule has 2 rings (SSSR count). The van der Waals surface area contributed by atoms with Crippen molar-refractivity contribution < 1.29 is 23.9 Å². The van der Waals surface area contributed by atoms with Crippen molar-refractivity contribution in [1.82, 2.24) is 24.9 Å². The molecule has 0 bridgehead atoms. The lowest BCUT2D eigenvalue weighted by Crippen LogP contribution is -2.47. The minimum absolute atomic E-state index is 0.0560. The van der Waals surface area contributed by atoms with Gasteiger partial charge in [0.05, 0.1) is 13.5 Å². The molecule has 10 nitrogen and oxygen atoms in total. The van der Waals surface area contributed by atoms with Gasteiger partial charge in [-0.15, -0.1) is 0 Å². The summed E-state index contributed by atoms with van der Waals surface area (Å²) in [4.78, 5) is 44.4. The second-order valence-corrected chi connectivity index (χ2v) is 6.52. The van der Waals surface area contributed by atoms with E-state index in [4.69, 9.17) is 9.47 Å². The van der Waals surface area contributed by atoms with E-state index < -0.39 is 30.5 Å². The Bertz CT molecular complexity index is 879. The van der Waals surface area contributed by atoms with Gasteiger partial charge in [-0.05, 0) is 19.8 Å². The van der Waals surface area contributed by atoms with E-state index in [-0.39, 0.29) is 12.3 Å². The molecule has 2 aromatic heterocycles. The van der Waals surface area contributed by atoms with Crippen LogP contribution in [0.3, 0.4) is 0 Å². The highest BCUT2D eigenvalue weighted by molar-refractivity contribution is 5.86. The number of ether oxygens (including phenoxy) is 2. The van der Waals surface area contributed by atoms with Gasteiger partial charge in [0, 0.05) is 17.0 Å². The average molecular weight is 391 g/mol. The van der Waals surface area contributed by atoms with Crippen molar-refractivity contribution in [2.24, 2.45) is 5.92 Å². The lowest BCUT2D eigenvalue weighted by atomic mass is 9.99. The molecule has 0 spiro atoms. The van der Waals surface area contributed by atoms with Crippen LogP contribution in [0.25, 0.3) is 5.78 Å². The molecule has 2 atom stereocenters. The molecule has 2 heterocycles. The second-order valence-electron chi connectivity index (χ2n) is 6.52. The maximum atomic E-state index is 12.2. The molecule has 0 saturated heterocycles. The van der Waals surface area contributed by atoms with Crippen LogP contribution < -0.4 is 5.32 Å². The van der Waals surface area contributed by atoms with Gasteiger partial charge in [0.1, 0.15) is 12.4 Å². The van der Waals surface area contributed by atoms with Gasteiger partial charge >= 0.3 is 11.9 Å². The largest absolute Gasteiger partial charge is 0.467 e. The summed E-state index contributed by atoms with van der Waals surface area (Å²) >= 11 is 0. The third kappa shape index (κ3) is 4.81. The number of aromatic nitrogens is 4. The number of aryl methyl sites for hydroxylation is 2. The van der Waals surface area contributed by atoms with Crippen molar-refractivity contribution in [3.63, 3.8) is 0 Å². The van der Waals surface area contributed by atoms with E-state index in [0.29, 0.717) is 23.5 Å². The Labute approximate surface area is 162 Å². The van der Waals surface area contributed by atoms with E-state index in [1.54, 1.807) is 13.8 Å². The highest BCUT2D eigenvalue weighted by atomic mass is 16.5. The van der Waals surface area contributed by atoms with Gasteiger partial charge in [-0.3, -0.25) is 9.59 Å². The van der Waals surface area contributed by atoms with Crippen LogP contribution >= 0.6 is 0 Å². The Kier molecular flexibility index (Phi) is 7.02. The van der Waals surface area contributed by atoms with Gasteiger partial charge < -0.3 is 14.8 Å². The van der Waals surface area contributed by atoms with Gasteiger partial charge in [-0.2, -0.15) is 10.1 Å². The number of rotatable bonds is 8. The maximum Gasteiger partial charge on any atom is 0.328 e. The molecule has 2 aromatic rings. The number of hydrogen-bond acceptors (Lipinski definition) is 8. The molecule has 1 N–H and O–H groups in total. The first-order valence-electron chi connectivity index (χ1n) is 8.97. The lowest BCUT2D eigenvalue weighted by Gasteiger charge is -2.21. The Hall–Kier alpha value is -3.04. The molecule has 0 saturated carbocycles. The first kappa shape index (κ1) is 21.3. The molecule has 0 fully saturated rings. The van der Waals surface area contributed by atoms with Gasteiger partial charge in [0.25, 0.3) is 11.7 Å². The van der Waals surface area contributed by atoms with Crippen molar-refractivity contribution in [3.05, 3.63) is 23.3 Å². The fourth-order valence-corrected chi connectivity index (χ4v) is 2.76.